The first-order chi connectivity index (χ1) is 16.2. The zero-order chi connectivity index (χ0) is 22.8. The first-order valence-corrected chi connectivity index (χ1v) is 11.7. The fourth-order valence-electron chi connectivity index (χ4n) is 5.15. The van der Waals surface area contributed by atoms with E-state index in [4.69, 9.17) is 4.74 Å². The van der Waals surface area contributed by atoms with Gasteiger partial charge < -0.3 is 10.1 Å². The molecule has 0 spiro atoms. The fraction of sp³-hybridized carbons (Fsp3) is 0.385. The standard InChI is InChI=1S/C26H29FN4O2/c1-33-24-14-5-2-9-18(24)23(30-15-6-7-16-30)17-28-26(32)25-19-10-8-13-21(19)31(29-25)22-12-4-3-11-20(22)27/h2-5,9,11-12,14,23H,6-8,10,13,15-17H2,1H3,(H,28,32). The molecule has 7 heteroatoms. The Labute approximate surface area is 193 Å². The number of fused-ring (bicyclic) bond motifs is 1. The lowest BCUT2D eigenvalue weighted by Gasteiger charge is -2.29. The van der Waals surface area contributed by atoms with Crippen molar-refractivity contribution in [3.05, 3.63) is 76.9 Å². The van der Waals surface area contributed by atoms with Crippen LogP contribution in [0.1, 0.15) is 52.6 Å². The number of hydrogen-bond acceptors (Lipinski definition) is 4. The minimum atomic E-state index is -0.341. The van der Waals surface area contributed by atoms with Crippen molar-refractivity contribution in [2.75, 3.05) is 26.7 Å². The van der Waals surface area contributed by atoms with Crippen LogP contribution in [0.4, 0.5) is 4.39 Å². The number of amides is 1. The smallest absolute Gasteiger partial charge is 0.272 e. The van der Waals surface area contributed by atoms with E-state index in [1.807, 2.05) is 18.2 Å². The van der Waals surface area contributed by atoms with Gasteiger partial charge in [0, 0.05) is 23.4 Å². The van der Waals surface area contributed by atoms with E-state index >= 15 is 0 Å². The lowest BCUT2D eigenvalue weighted by atomic mass is 10.0. The van der Waals surface area contributed by atoms with Gasteiger partial charge in [0.25, 0.3) is 5.91 Å². The zero-order valence-electron chi connectivity index (χ0n) is 18.9. The van der Waals surface area contributed by atoms with Gasteiger partial charge in [0.1, 0.15) is 17.3 Å². The van der Waals surface area contributed by atoms with Crippen LogP contribution in [0.2, 0.25) is 0 Å². The van der Waals surface area contributed by atoms with E-state index in [1.54, 1.807) is 30.0 Å². The second-order valence-corrected chi connectivity index (χ2v) is 8.70. The highest BCUT2D eigenvalue weighted by Gasteiger charge is 2.30. The van der Waals surface area contributed by atoms with Crippen molar-refractivity contribution in [1.29, 1.82) is 0 Å². The molecule has 2 heterocycles. The molecular weight excluding hydrogens is 419 g/mol. The average molecular weight is 449 g/mol. The van der Waals surface area contributed by atoms with Crippen LogP contribution in [0.3, 0.4) is 0 Å². The molecule has 0 saturated carbocycles. The van der Waals surface area contributed by atoms with Crippen LogP contribution in [0.5, 0.6) is 5.75 Å². The molecule has 6 nitrogen and oxygen atoms in total. The molecule has 1 fully saturated rings. The van der Waals surface area contributed by atoms with Gasteiger partial charge in [-0.25, -0.2) is 9.07 Å². The number of nitrogens with one attached hydrogen (secondary N) is 1. The minimum absolute atomic E-state index is 0.0225. The summed E-state index contributed by atoms with van der Waals surface area (Å²) < 4.78 is 21.7. The summed E-state index contributed by atoms with van der Waals surface area (Å²) in [5.74, 6) is 0.280. The maximum atomic E-state index is 14.5. The average Bonchev–Trinajstić information content (AvgIpc) is 3.59. The van der Waals surface area contributed by atoms with Crippen molar-refractivity contribution in [3.63, 3.8) is 0 Å². The molecule has 5 rings (SSSR count). The molecular formula is C26H29FN4O2. The summed E-state index contributed by atoms with van der Waals surface area (Å²) >= 11 is 0. The van der Waals surface area contributed by atoms with Crippen LogP contribution in [-0.2, 0) is 12.8 Å². The number of carbonyl (C=O) groups is 1. The van der Waals surface area contributed by atoms with Gasteiger partial charge in [-0.2, -0.15) is 5.10 Å². The summed E-state index contributed by atoms with van der Waals surface area (Å²) in [7, 11) is 1.68. The molecule has 1 N–H and O–H groups in total. The molecule has 0 bridgehead atoms. The molecule has 172 valence electrons. The number of methoxy groups -OCH3 is 1. The van der Waals surface area contributed by atoms with Gasteiger partial charge in [0.2, 0.25) is 0 Å². The Bertz CT molecular complexity index is 1150. The highest BCUT2D eigenvalue weighted by molar-refractivity contribution is 5.94. The number of para-hydroxylation sites is 2. The van der Waals surface area contributed by atoms with Gasteiger partial charge in [-0.1, -0.05) is 30.3 Å². The number of carbonyl (C=O) groups excluding carboxylic acids is 1. The third-order valence-corrected chi connectivity index (χ3v) is 6.76. The molecule has 2 aliphatic rings. The van der Waals surface area contributed by atoms with Crippen molar-refractivity contribution < 1.29 is 13.9 Å². The van der Waals surface area contributed by atoms with Gasteiger partial charge in [-0.3, -0.25) is 9.69 Å². The normalized spacial score (nSPS) is 16.5. The predicted molar refractivity (Wildman–Crippen MR) is 124 cm³/mol. The van der Waals surface area contributed by atoms with Crippen molar-refractivity contribution in [1.82, 2.24) is 20.0 Å². The molecule has 1 aliphatic carbocycles. The van der Waals surface area contributed by atoms with Crippen molar-refractivity contribution in [2.24, 2.45) is 0 Å². The van der Waals surface area contributed by atoms with Gasteiger partial charge in [-0.05, 0) is 63.4 Å². The fourth-order valence-corrected chi connectivity index (χ4v) is 5.15. The summed E-state index contributed by atoms with van der Waals surface area (Å²) in [4.78, 5) is 15.7. The van der Waals surface area contributed by atoms with Crippen LogP contribution in [-0.4, -0.2) is 47.3 Å². The quantitative estimate of drug-likeness (QED) is 0.592. The summed E-state index contributed by atoms with van der Waals surface area (Å²) in [6.07, 6.45) is 4.83. The van der Waals surface area contributed by atoms with Crippen molar-refractivity contribution >= 4 is 5.91 Å². The largest absolute Gasteiger partial charge is 0.496 e. The van der Waals surface area contributed by atoms with E-state index in [0.717, 1.165) is 67.8 Å². The molecule has 1 aromatic heterocycles. The van der Waals surface area contributed by atoms with E-state index in [-0.39, 0.29) is 17.8 Å². The second-order valence-electron chi connectivity index (χ2n) is 8.70. The second kappa shape index (κ2) is 9.35. The highest BCUT2D eigenvalue weighted by Crippen LogP contribution is 2.32. The highest BCUT2D eigenvalue weighted by atomic mass is 19.1. The molecule has 1 unspecified atom stereocenters. The molecule has 1 saturated heterocycles. The summed E-state index contributed by atoms with van der Waals surface area (Å²) in [5.41, 5.74) is 3.74. The third-order valence-electron chi connectivity index (χ3n) is 6.76. The number of rotatable bonds is 7. The Kier molecular flexibility index (Phi) is 6.13. The predicted octanol–water partition coefficient (Wildman–Crippen LogP) is 4.08. The first kappa shape index (κ1) is 21.6. The Morgan fingerprint density at radius 2 is 1.85 bits per heavy atom. The minimum Gasteiger partial charge on any atom is -0.496 e. The lowest BCUT2D eigenvalue weighted by Crippen LogP contribution is -2.37. The van der Waals surface area contributed by atoms with Crippen molar-refractivity contribution in [2.45, 2.75) is 38.1 Å². The van der Waals surface area contributed by atoms with E-state index in [1.165, 1.54) is 6.07 Å². The van der Waals surface area contributed by atoms with Crippen molar-refractivity contribution in [3.8, 4) is 11.4 Å². The molecule has 1 amide bonds. The Morgan fingerprint density at radius 3 is 2.64 bits per heavy atom. The SMILES string of the molecule is COc1ccccc1C(CNC(=O)c1nn(-c2ccccc2F)c2c1CCC2)N1CCCC1. The van der Waals surface area contributed by atoms with E-state index in [0.29, 0.717) is 17.9 Å². The van der Waals surface area contributed by atoms with E-state index in [9.17, 15) is 9.18 Å². The van der Waals surface area contributed by atoms with Crippen LogP contribution in [0.15, 0.2) is 48.5 Å². The number of hydrogen-bond donors (Lipinski definition) is 1. The van der Waals surface area contributed by atoms with Crippen LogP contribution in [0.25, 0.3) is 5.69 Å². The van der Waals surface area contributed by atoms with E-state index in [2.05, 4.69) is 21.4 Å². The molecule has 33 heavy (non-hydrogen) atoms. The molecule has 2 aromatic carbocycles. The van der Waals surface area contributed by atoms with Gasteiger partial charge in [0.05, 0.1) is 13.2 Å². The molecule has 0 radical (unpaired) electrons. The summed E-state index contributed by atoms with van der Waals surface area (Å²) in [5, 5.41) is 7.70. The van der Waals surface area contributed by atoms with Crippen LogP contribution >= 0.6 is 0 Å². The number of likely N-dealkylation sites (tertiary alicyclic amines) is 1. The van der Waals surface area contributed by atoms with Gasteiger partial charge in [-0.15, -0.1) is 0 Å². The van der Waals surface area contributed by atoms with Crippen LogP contribution in [0, 0.1) is 5.82 Å². The van der Waals surface area contributed by atoms with Crippen LogP contribution < -0.4 is 10.1 Å². The van der Waals surface area contributed by atoms with Gasteiger partial charge >= 0.3 is 0 Å². The summed E-state index contributed by atoms with van der Waals surface area (Å²) in [6.45, 7) is 2.45. The molecule has 3 aromatic rings. The maximum Gasteiger partial charge on any atom is 0.272 e. The zero-order valence-corrected chi connectivity index (χ0v) is 18.9. The Hall–Kier alpha value is -3.19. The monoisotopic (exact) mass is 448 g/mol. The molecule has 1 atom stereocenters. The number of aromatic nitrogens is 2. The number of halogens is 1. The number of benzene rings is 2. The van der Waals surface area contributed by atoms with E-state index < -0.39 is 0 Å². The number of ether oxygens (including phenoxy) is 1. The first-order valence-electron chi connectivity index (χ1n) is 11.7. The Morgan fingerprint density at radius 1 is 1.09 bits per heavy atom. The third kappa shape index (κ3) is 4.13. The summed E-state index contributed by atoms with van der Waals surface area (Å²) in [6, 6.07) is 14.6. The Balaban J connectivity index is 1.41. The molecule has 1 aliphatic heterocycles. The maximum absolute atomic E-state index is 14.5. The lowest BCUT2D eigenvalue weighted by molar-refractivity contribution is 0.0931. The number of nitrogens with zero attached hydrogens (tertiary/aromatic N) is 3. The van der Waals surface area contributed by atoms with Gasteiger partial charge in [0.15, 0.2) is 5.69 Å². The topological polar surface area (TPSA) is 59.4 Å².